The average Bonchev–Trinajstić information content (AvgIpc) is 0.971. The number of carbonyl (C=O) groups is 11. The Morgan fingerprint density at radius 3 is 1.49 bits per heavy atom. The standard InChI is InChI=1S/C63H104N16O13/c1-35(2)11-9-8-10-12-51(82)70-43(21-27-64)58(87)79-53(39(7)81)63(92)75-46(24-30-67)55(84)74-48-26-32-69-62(91)52(38(6)80)78-59(88)47(25-31-68)72-54(83)44(22-28-65)73-60(89)49(33-36(3)4)76-61(90)50(77-56(85)45(23-29-66)71-57(48)86)34-40-15-19-42(20-16-40)41-17-13-37(5)14-18-41/h13-20,35-36,38-39,43-50,52-53,80-81H,8-12,21-34,64-68H2,1-7H3,(H,69,91)(H,70,82)(H,71,86)(H,72,83)(H,73,89)(H,74,84)(H,75,92)(H,76,90)(H,77,85)(H,78,88)(H,79,87)/t38-,39-,43-,44-,45?,46-,47-,48?,49-,50?,52-,53+/m1/s1. The van der Waals surface area contributed by atoms with Crippen molar-refractivity contribution in [1.82, 2.24) is 58.5 Å². The van der Waals surface area contributed by atoms with Crippen LogP contribution in [0.4, 0.5) is 0 Å². The number of rotatable bonds is 30. The summed E-state index contributed by atoms with van der Waals surface area (Å²) in [6, 6.07) is 0.0775. The first-order valence-corrected chi connectivity index (χ1v) is 32.0. The molecule has 1 heterocycles. The van der Waals surface area contributed by atoms with Crippen molar-refractivity contribution in [1.29, 1.82) is 0 Å². The van der Waals surface area contributed by atoms with Crippen molar-refractivity contribution in [3.05, 3.63) is 59.7 Å². The molecule has 11 amide bonds. The molecule has 0 bridgehead atoms. The lowest BCUT2D eigenvalue weighted by Gasteiger charge is -2.29. The minimum atomic E-state index is -1.71. The van der Waals surface area contributed by atoms with E-state index >= 15 is 0 Å². The normalized spacial score (nSPS) is 21.7. The summed E-state index contributed by atoms with van der Waals surface area (Å²) in [5.74, 6) is -9.51. The fourth-order valence-corrected chi connectivity index (χ4v) is 10.1. The molecule has 1 fully saturated rings. The monoisotopic (exact) mass is 1290 g/mol. The maximum absolute atomic E-state index is 14.7. The molecule has 1 saturated heterocycles. The van der Waals surface area contributed by atoms with Crippen LogP contribution in [0.25, 0.3) is 11.1 Å². The molecule has 3 unspecified atom stereocenters. The molecule has 1 aliphatic heterocycles. The van der Waals surface area contributed by atoms with E-state index in [0.29, 0.717) is 17.9 Å². The summed E-state index contributed by atoms with van der Waals surface area (Å²) >= 11 is 0. The Balaban J connectivity index is 2.12. The van der Waals surface area contributed by atoms with E-state index in [2.05, 4.69) is 72.3 Å². The Morgan fingerprint density at radius 1 is 0.511 bits per heavy atom. The first-order valence-electron chi connectivity index (χ1n) is 32.0. The van der Waals surface area contributed by atoms with E-state index < -0.39 is 151 Å². The molecule has 23 N–H and O–H groups in total. The molecular formula is C63H104N16O13. The number of aliphatic hydroxyl groups is 2. The van der Waals surface area contributed by atoms with Crippen molar-refractivity contribution in [2.75, 3.05) is 39.3 Å². The number of nitrogens with two attached hydrogens (primary N) is 5. The largest absolute Gasteiger partial charge is 0.391 e. The summed E-state index contributed by atoms with van der Waals surface area (Å²) in [5.41, 5.74) is 33.0. The lowest BCUT2D eigenvalue weighted by Crippen LogP contribution is -2.62. The lowest BCUT2D eigenvalue weighted by atomic mass is 9.98. The summed E-state index contributed by atoms with van der Waals surface area (Å²) in [7, 11) is 0. The van der Waals surface area contributed by atoms with E-state index in [0.717, 1.165) is 36.0 Å². The Labute approximate surface area is 539 Å². The molecule has 0 radical (unpaired) electrons. The summed E-state index contributed by atoms with van der Waals surface area (Å²) in [5, 5.41) is 50.0. The van der Waals surface area contributed by atoms with Gasteiger partial charge in [0.1, 0.15) is 60.4 Å². The number of unbranched alkanes of at least 4 members (excludes halogenated alkanes) is 2. The number of aryl methyl sites for hydroxylation is 1. The molecule has 0 spiro atoms. The van der Waals surface area contributed by atoms with Crippen LogP contribution in [-0.2, 0) is 59.2 Å². The van der Waals surface area contributed by atoms with Gasteiger partial charge in [0.15, 0.2) is 0 Å². The van der Waals surface area contributed by atoms with Crippen LogP contribution in [0, 0.1) is 18.8 Å². The number of aliphatic hydroxyl groups excluding tert-OH is 2. The van der Waals surface area contributed by atoms with Crippen LogP contribution in [0.2, 0.25) is 0 Å². The second-order valence-corrected chi connectivity index (χ2v) is 24.4. The molecule has 2 aromatic carbocycles. The highest BCUT2D eigenvalue weighted by molar-refractivity contribution is 5.99. The fraction of sp³-hybridized carbons (Fsp3) is 0.635. The van der Waals surface area contributed by atoms with Gasteiger partial charge in [-0.1, -0.05) is 101 Å². The second kappa shape index (κ2) is 41.0. The molecule has 0 saturated carbocycles. The predicted octanol–water partition coefficient (Wildman–Crippen LogP) is -3.27. The topological polar surface area (TPSA) is 491 Å². The third-order valence-corrected chi connectivity index (χ3v) is 15.4. The van der Waals surface area contributed by atoms with E-state index in [1.165, 1.54) is 13.8 Å². The average molecular weight is 1290 g/mol. The maximum atomic E-state index is 14.7. The highest BCUT2D eigenvalue weighted by Gasteiger charge is 2.38. The molecule has 29 nitrogen and oxygen atoms in total. The minimum absolute atomic E-state index is 0.0207. The van der Waals surface area contributed by atoms with Gasteiger partial charge in [-0.3, -0.25) is 52.7 Å². The van der Waals surface area contributed by atoms with Crippen molar-refractivity contribution in [2.24, 2.45) is 40.5 Å². The molecule has 1 aliphatic rings. The van der Waals surface area contributed by atoms with Gasteiger partial charge in [-0.05, 0) is 133 Å². The van der Waals surface area contributed by atoms with Crippen LogP contribution in [0.5, 0.6) is 0 Å². The molecule has 12 atom stereocenters. The van der Waals surface area contributed by atoms with Crippen molar-refractivity contribution in [3.8, 4) is 11.1 Å². The highest BCUT2D eigenvalue weighted by atomic mass is 16.3. The molecule has 0 aliphatic carbocycles. The number of nitrogens with one attached hydrogen (secondary N) is 11. The second-order valence-electron chi connectivity index (χ2n) is 24.4. The zero-order valence-electron chi connectivity index (χ0n) is 54.4. The minimum Gasteiger partial charge on any atom is -0.391 e. The van der Waals surface area contributed by atoms with Crippen LogP contribution in [0.15, 0.2) is 48.5 Å². The number of hydrogen-bond acceptors (Lipinski definition) is 18. The van der Waals surface area contributed by atoms with E-state index in [9.17, 15) is 63.0 Å². The summed E-state index contributed by atoms with van der Waals surface area (Å²) in [6.07, 6.45) is -1.17. The van der Waals surface area contributed by atoms with E-state index in [1.807, 2.05) is 43.3 Å². The van der Waals surface area contributed by atoms with Gasteiger partial charge in [-0.2, -0.15) is 0 Å². The van der Waals surface area contributed by atoms with Gasteiger partial charge in [0.2, 0.25) is 65.0 Å². The van der Waals surface area contributed by atoms with E-state index in [4.69, 9.17) is 28.7 Å². The zero-order chi connectivity index (χ0) is 68.6. The van der Waals surface area contributed by atoms with Crippen LogP contribution in [-0.4, -0.2) is 187 Å². The van der Waals surface area contributed by atoms with Gasteiger partial charge in [0.05, 0.1) is 12.2 Å². The van der Waals surface area contributed by atoms with Gasteiger partial charge in [-0.25, -0.2) is 0 Å². The van der Waals surface area contributed by atoms with Crippen LogP contribution < -0.4 is 87.2 Å². The number of benzene rings is 2. The summed E-state index contributed by atoms with van der Waals surface area (Å²) < 4.78 is 0. The van der Waals surface area contributed by atoms with Crippen molar-refractivity contribution < 1.29 is 63.0 Å². The molecule has 0 aromatic heterocycles. The smallest absolute Gasteiger partial charge is 0.245 e. The molecule has 514 valence electrons. The first-order chi connectivity index (χ1) is 43.7. The zero-order valence-corrected chi connectivity index (χ0v) is 54.4. The van der Waals surface area contributed by atoms with E-state index in [1.54, 1.807) is 26.0 Å². The fourth-order valence-electron chi connectivity index (χ4n) is 10.1. The van der Waals surface area contributed by atoms with Crippen molar-refractivity contribution in [2.45, 2.75) is 205 Å². The van der Waals surface area contributed by atoms with Crippen LogP contribution in [0.3, 0.4) is 0 Å². The van der Waals surface area contributed by atoms with Crippen LogP contribution >= 0.6 is 0 Å². The van der Waals surface area contributed by atoms with Crippen molar-refractivity contribution >= 4 is 65.0 Å². The molecule has 29 heteroatoms. The Kier molecular flexibility index (Phi) is 35.0. The third kappa shape index (κ3) is 27.3. The Hall–Kier alpha value is -7.67. The molecule has 3 rings (SSSR count). The molecular weight excluding hydrogens is 1190 g/mol. The number of carbonyl (C=O) groups excluding carboxylic acids is 11. The summed E-state index contributed by atoms with van der Waals surface area (Å²) in [6.45, 7) is 11.0. The predicted molar refractivity (Wildman–Crippen MR) is 346 cm³/mol. The molecule has 2 aromatic rings. The highest BCUT2D eigenvalue weighted by Crippen LogP contribution is 2.21. The Morgan fingerprint density at radius 2 is 0.989 bits per heavy atom. The van der Waals surface area contributed by atoms with Gasteiger partial charge < -0.3 is 97.4 Å². The number of amides is 11. The first kappa shape index (κ1) is 78.6. The maximum Gasteiger partial charge on any atom is 0.245 e. The van der Waals surface area contributed by atoms with Gasteiger partial charge in [-0.15, -0.1) is 0 Å². The Bertz CT molecular complexity index is 2720. The number of hydrogen-bond donors (Lipinski definition) is 18. The van der Waals surface area contributed by atoms with Crippen LogP contribution in [0.1, 0.15) is 130 Å². The van der Waals surface area contributed by atoms with E-state index in [-0.39, 0.29) is 90.0 Å². The SMILES string of the molecule is Cc1ccc(-c2ccc(CC3NC(=O)C(CCN)NC(=O)C(NC(=O)[C@@H](CCN)NC(=O)[C@@H](NC(=O)[C@@H](CCN)NC(=O)CCCCCC(C)C)[C@@H](C)O)CCNC(=O)[C@@H]([C@@H](C)O)NC(=O)[C@@H](CCN)NC(=O)[C@@H](CCN)NC(=O)[C@@H](CC(C)C)NC3=O)cc2)cc1. The lowest BCUT2D eigenvalue weighted by molar-refractivity contribution is -0.137. The van der Waals surface area contributed by atoms with Crippen molar-refractivity contribution in [3.63, 3.8) is 0 Å². The van der Waals surface area contributed by atoms with Gasteiger partial charge in [0.25, 0.3) is 0 Å². The third-order valence-electron chi connectivity index (χ3n) is 15.4. The molecule has 92 heavy (non-hydrogen) atoms. The van der Waals surface area contributed by atoms with Gasteiger partial charge >= 0.3 is 0 Å². The summed E-state index contributed by atoms with van der Waals surface area (Å²) in [4.78, 5) is 155. The van der Waals surface area contributed by atoms with Gasteiger partial charge in [0, 0.05) is 19.4 Å². The quantitative estimate of drug-likeness (QED) is 0.0341.